The Morgan fingerprint density at radius 1 is 1.32 bits per heavy atom. The summed E-state index contributed by atoms with van der Waals surface area (Å²) in [4.78, 5) is 14.0. The van der Waals surface area contributed by atoms with E-state index in [9.17, 15) is 22.4 Å². The molecule has 2 rings (SSSR count). The number of piperidine rings is 1. The van der Waals surface area contributed by atoms with Gasteiger partial charge in [0, 0.05) is 19.2 Å². The van der Waals surface area contributed by atoms with Crippen LogP contribution in [0.25, 0.3) is 0 Å². The number of hydrogen-bond donors (Lipinski definition) is 2. The quantitative estimate of drug-likeness (QED) is 0.765. The molecule has 1 unspecified atom stereocenters. The second-order valence-electron chi connectivity index (χ2n) is 6.21. The maximum atomic E-state index is 13.1. The molecule has 2 N–H and O–H groups in total. The zero-order chi connectivity index (χ0) is 18.4. The first-order chi connectivity index (χ1) is 11.8. The molecule has 8 heteroatoms. The first-order valence-corrected chi connectivity index (χ1v) is 8.28. The molecule has 1 fully saturated rings. The van der Waals surface area contributed by atoms with Gasteiger partial charge in [-0.1, -0.05) is 12.5 Å². The third-order valence-corrected chi connectivity index (χ3v) is 4.41. The Balaban J connectivity index is 1.96. The lowest BCUT2D eigenvalue weighted by Crippen LogP contribution is -2.45. The van der Waals surface area contributed by atoms with Gasteiger partial charge in [-0.05, 0) is 43.5 Å². The van der Waals surface area contributed by atoms with Crippen LogP contribution in [0.1, 0.15) is 36.8 Å². The highest BCUT2D eigenvalue weighted by Crippen LogP contribution is 2.32. The van der Waals surface area contributed by atoms with Crippen LogP contribution in [-0.2, 0) is 17.5 Å². The summed E-state index contributed by atoms with van der Waals surface area (Å²) in [6.45, 7) is 0.523. The van der Waals surface area contributed by atoms with Crippen LogP contribution in [0, 0.1) is 5.82 Å². The van der Waals surface area contributed by atoms with Gasteiger partial charge < -0.3 is 10.4 Å². The minimum absolute atomic E-state index is 0.0350. The van der Waals surface area contributed by atoms with Gasteiger partial charge in [-0.15, -0.1) is 0 Å². The van der Waals surface area contributed by atoms with E-state index in [0.29, 0.717) is 12.5 Å². The zero-order valence-electron chi connectivity index (χ0n) is 13.8. The lowest BCUT2D eigenvalue weighted by molar-refractivity contribution is -0.138. The Morgan fingerprint density at radius 2 is 2.08 bits per heavy atom. The second kappa shape index (κ2) is 8.62. The highest BCUT2D eigenvalue weighted by Gasteiger charge is 2.33. The number of hydrogen-bond acceptors (Lipinski definition) is 3. The largest absolute Gasteiger partial charge is 0.416 e. The van der Waals surface area contributed by atoms with Crippen molar-refractivity contribution in [1.82, 2.24) is 10.2 Å². The van der Waals surface area contributed by atoms with Gasteiger partial charge >= 0.3 is 6.18 Å². The molecule has 1 aliphatic rings. The Kier molecular flexibility index (Phi) is 6.78. The van der Waals surface area contributed by atoms with Crippen molar-refractivity contribution < 1.29 is 27.5 Å². The smallest absolute Gasteiger partial charge is 0.396 e. The topological polar surface area (TPSA) is 52.6 Å². The molecule has 0 aromatic heterocycles. The summed E-state index contributed by atoms with van der Waals surface area (Å²) in [6.07, 6.45) is -1.23. The van der Waals surface area contributed by atoms with Crippen molar-refractivity contribution in [2.75, 3.05) is 19.7 Å². The summed E-state index contributed by atoms with van der Waals surface area (Å²) in [5, 5.41) is 11.6. The number of carbonyl (C=O) groups excluding carboxylic acids is 1. The average molecular weight is 362 g/mol. The number of aliphatic hydroxyl groups is 1. The van der Waals surface area contributed by atoms with Crippen LogP contribution in [0.15, 0.2) is 18.2 Å². The number of nitrogens with zero attached hydrogens (tertiary/aromatic N) is 1. The Bertz CT molecular complexity index is 591. The third-order valence-electron chi connectivity index (χ3n) is 4.41. The van der Waals surface area contributed by atoms with Gasteiger partial charge in [-0.3, -0.25) is 9.69 Å². The molecular weight excluding hydrogens is 340 g/mol. The summed E-state index contributed by atoms with van der Waals surface area (Å²) >= 11 is 0. The number of aliphatic hydroxyl groups excluding tert-OH is 1. The van der Waals surface area contributed by atoms with E-state index >= 15 is 0 Å². The van der Waals surface area contributed by atoms with Gasteiger partial charge in [0.2, 0.25) is 5.91 Å². The highest BCUT2D eigenvalue weighted by molar-refractivity contribution is 5.78. The molecule has 1 amide bonds. The van der Waals surface area contributed by atoms with E-state index in [2.05, 4.69) is 5.32 Å². The maximum absolute atomic E-state index is 13.1. The van der Waals surface area contributed by atoms with Crippen LogP contribution >= 0.6 is 0 Å². The lowest BCUT2D eigenvalue weighted by Gasteiger charge is -2.34. The fraction of sp³-hybridized carbons (Fsp3) is 0.588. The molecule has 0 aliphatic carbocycles. The number of halogens is 4. The normalized spacial score (nSPS) is 19.0. The van der Waals surface area contributed by atoms with Crippen LogP contribution in [0.4, 0.5) is 17.6 Å². The number of rotatable bonds is 6. The van der Waals surface area contributed by atoms with E-state index < -0.39 is 17.6 Å². The van der Waals surface area contributed by atoms with Crippen molar-refractivity contribution in [3.8, 4) is 0 Å². The Labute approximate surface area is 143 Å². The summed E-state index contributed by atoms with van der Waals surface area (Å²) in [6, 6.07) is 2.52. The summed E-state index contributed by atoms with van der Waals surface area (Å²) in [5.74, 6) is -1.36. The van der Waals surface area contributed by atoms with Gasteiger partial charge in [0.15, 0.2) is 0 Å². The van der Waals surface area contributed by atoms with Gasteiger partial charge in [0.05, 0.1) is 12.1 Å². The lowest BCUT2D eigenvalue weighted by atomic mass is 9.99. The van der Waals surface area contributed by atoms with E-state index in [1.165, 1.54) is 0 Å². The number of benzene rings is 1. The van der Waals surface area contributed by atoms with Gasteiger partial charge in [0.1, 0.15) is 5.82 Å². The van der Waals surface area contributed by atoms with Crippen molar-refractivity contribution in [1.29, 1.82) is 0 Å². The van der Waals surface area contributed by atoms with E-state index in [1.54, 1.807) is 0 Å². The predicted octanol–water partition coefficient (Wildman–Crippen LogP) is 2.70. The van der Waals surface area contributed by atoms with Crippen molar-refractivity contribution in [3.63, 3.8) is 0 Å². The first kappa shape index (κ1) is 19.7. The zero-order valence-corrected chi connectivity index (χ0v) is 13.8. The standard InChI is InChI=1S/C17H22F4N2O2/c18-13-5-4-12(15(9-13)17(19,20)21)10-22-16(25)11-23-7-2-1-3-14(23)6-8-24/h4-5,9,14,24H,1-3,6-8,10-11H2,(H,22,25). The molecule has 25 heavy (non-hydrogen) atoms. The molecule has 0 saturated carbocycles. The summed E-state index contributed by atoms with van der Waals surface area (Å²) in [5.41, 5.74) is -1.25. The predicted molar refractivity (Wildman–Crippen MR) is 84.2 cm³/mol. The fourth-order valence-electron chi connectivity index (χ4n) is 3.14. The molecule has 140 valence electrons. The van der Waals surface area contributed by atoms with Crippen LogP contribution in [-0.4, -0.2) is 41.7 Å². The molecule has 0 radical (unpaired) electrons. The molecule has 1 aliphatic heterocycles. The molecule has 0 spiro atoms. The molecule has 0 bridgehead atoms. The number of likely N-dealkylation sites (tertiary alicyclic amines) is 1. The van der Waals surface area contributed by atoms with E-state index in [1.807, 2.05) is 4.90 Å². The first-order valence-electron chi connectivity index (χ1n) is 8.28. The third kappa shape index (κ3) is 5.67. The SMILES string of the molecule is O=C(CN1CCCCC1CCO)NCc1ccc(F)cc1C(F)(F)F. The van der Waals surface area contributed by atoms with Gasteiger partial charge in [-0.2, -0.15) is 13.2 Å². The van der Waals surface area contributed by atoms with Crippen molar-refractivity contribution in [2.24, 2.45) is 0 Å². The van der Waals surface area contributed by atoms with E-state index in [4.69, 9.17) is 5.11 Å². The van der Waals surface area contributed by atoms with Gasteiger partial charge in [0.25, 0.3) is 0 Å². The minimum atomic E-state index is -4.68. The van der Waals surface area contributed by atoms with Gasteiger partial charge in [-0.25, -0.2) is 4.39 Å². The maximum Gasteiger partial charge on any atom is 0.416 e. The minimum Gasteiger partial charge on any atom is -0.396 e. The molecule has 4 nitrogen and oxygen atoms in total. The second-order valence-corrected chi connectivity index (χ2v) is 6.21. The van der Waals surface area contributed by atoms with Crippen LogP contribution < -0.4 is 5.32 Å². The molecular formula is C17H22F4N2O2. The van der Waals surface area contributed by atoms with Crippen molar-refractivity contribution in [3.05, 3.63) is 35.1 Å². The number of alkyl halides is 3. The van der Waals surface area contributed by atoms with Crippen LogP contribution in [0.3, 0.4) is 0 Å². The fourth-order valence-corrected chi connectivity index (χ4v) is 3.14. The summed E-state index contributed by atoms with van der Waals surface area (Å²) in [7, 11) is 0. The van der Waals surface area contributed by atoms with E-state index in [0.717, 1.165) is 37.9 Å². The molecule has 1 aromatic carbocycles. The van der Waals surface area contributed by atoms with E-state index in [-0.39, 0.29) is 37.2 Å². The number of carbonyl (C=O) groups is 1. The van der Waals surface area contributed by atoms with Crippen LogP contribution in [0.2, 0.25) is 0 Å². The molecule has 1 atom stereocenters. The van der Waals surface area contributed by atoms with Crippen molar-refractivity contribution in [2.45, 2.75) is 44.4 Å². The van der Waals surface area contributed by atoms with Crippen molar-refractivity contribution >= 4 is 5.91 Å². The molecule has 1 aromatic rings. The number of amides is 1. The monoisotopic (exact) mass is 362 g/mol. The Hall–Kier alpha value is -1.67. The molecule has 1 heterocycles. The Morgan fingerprint density at radius 3 is 2.76 bits per heavy atom. The highest BCUT2D eigenvalue weighted by atomic mass is 19.4. The molecule has 1 saturated heterocycles. The number of nitrogens with one attached hydrogen (secondary N) is 1. The summed E-state index contributed by atoms with van der Waals surface area (Å²) < 4.78 is 51.9. The van der Waals surface area contributed by atoms with Crippen LogP contribution in [0.5, 0.6) is 0 Å². The average Bonchev–Trinajstić information content (AvgIpc) is 2.55.